The Hall–Kier alpha value is -3.02. The van der Waals surface area contributed by atoms with Gasteiger partial charge in [0.25, 0.3) is 0 Å². The zero-order valence-corrected chi connectivity index (χ0v) is 12.6. The standard InChI is InChI=1S/C17H17NO5/c1-2-10-22-17(21)18-12-8-9-14(15(19)11-12)16(20)23-13-6-4-3-5-7-13/h3-9,11,19H,2,10H2,1H3,(H,18,21). The molecule has 6 heteroatoms. The van der Waals surface area contributed by atoms with Crippen LogP contribution < -0.4 is 10.1 Å². The molecule has 1 amide bonds. The van der Waals surface area contributed by atoms with Crippen molar-refractivity contribution < 1.29 is 24.2 Å². The van der Waals surface area contributed by atoms with Crippen LogP contribution >= 0.6 is 0 Å². The molecule has 6 nitrogen and oxygen atoms in total. The summed E-state index contributed by atoms with van der Waals surface area (Å²) in [5.41, 5.74) is 0.321. The number of esters is 1. The van der Waals surface area contributed by atoms with Crippen LogP contribution in [0, 0.1) is 0 Å². The lowest BCUT2D eigenvalue weighted by Gasteiger charge is -2.09. The molecule has 0 unspecified atom stereocenters. The first kappa shape index (κ1) is 16.4. The summed E-state index contributed by atoms with van der Waals surface area (Å²) in [6.07, 6.45) is 0.0917. The zero-order valence-electron chi connectivity index (χ0n) is 12.6. The van der Waals surface area contributed by atoms with E-state index >= 15 is 0 Å². The molecule has 0 bridgehead atoms. The van der Waals surface area contributed by atoms with Crippen LogP contribution in [0.2, 0.25) is 0 Å². The fraction of sp³-hybridized carbons (Fsp3) is 0.176. The maximum absolute atomic E-state index is 12.0. The Morgan fingerprint density at radius 2 is 1.87 bits per heavy atom. The van der Waals surface area contributed by atoms with E-state index in [9.17, 15) is 14.7 Å². The molecule has 0 aliphatic heterocycles. The van der Waals surface area contributed by atoms with Crippen molar-refractivity contribution in [1.29, 1.82) is 0 Å². The minimum atomic E-state index is -0.686. The normalized spacial score (nSPS) is 9.96. The first-order valence-corrected chi connectivity index (χ1v) is 7.14. The van der Waals surface area contributed by atoms with E-state index in [1.165, 1.54) is 18.2 Å². The number of rotatable bonds is 5. The van der Waals surface area contributed by atoms with Crippen LogP contribution in [0.5, 0.6) is 11.5 Å². The Morgan fingerprint density at radius 1 is 1.13 bits per heavy atom. The predicted molar refractivity (Wildman–Crippen MR) is 84.8 cm³/mol. The molecule has 2 aromatic carbocycles. The molecule has 2 aromatic rings. The van der Waals surface area contributed by atoms with Gasteiger partial charge in [0.05, 0.1) is 6.61 Å². The van der Waals surface area contributed by atoms with E-state index in [-0.39, 0.29) is 11.3 Å². The van der Waals surface area contributed by atoms with E-state index in [1.54, 1.807) is 30.3 Å². The molecular weight excluding hydrogens is 298 g/mol. The maximum Gasteiger partial charge on any atom is 0.411 e. The van der Waals surface area contributed by atoms with Crippen LogP contribution in [-0.2, 0) is 4.74 Å². The number of phenolic OH excluding ortho intramolecular Hbond substituents is 1. The lowest BCUT2D eigenvalue weighted by atomic mass is 10.2. The molecule has 0 aromatic heterocycles. The summed E-state index contributed by atoms with van der Waals surface area (Å²) in [6, 6.07) is 12.6. The molecule has 0 heterocycles. The Morgan fingerprint density at radius 3 is 2.52 bits per heavy atom. The summed E-state index contributed by atoms with van der Waals surface area (Å²) in [5.74, 6) is -0.602. The lowest BCUT2D eigenvalue weighted by Crippen LogP contribution is -2.14. The molecule has 0 aliphatic rings. The van der Waals surface area contributed by atoms with Gasteiger partial charge in [0.1, 0.15) is 17.1 Å². The number of para-hydroxylation sites is 1. The molecule has 2 N–H and O–H groups in total. The SMILES string of the molecule is CCCOC(=O)Nc1ccc(C(=O)Oc2ccccc2)c(O)c1. The van der Waals surface area contributed by atoms with Gasteiger partial charge in [-0.15, -0.1) is 0 Å². The van der Waals surface area contributed by atoms with Crippen LogP contribution in [0.3, 0.4) is 0 Å². The lowest BCUT2D eigenvalue weighted by molar-refractivity contribution is 0.0731. The molecule has 0 spiro atoms. The summed E-state index contributed by atoms with van der Waals surface area (Å²) in [4.78, 5) is 23.5. The molecule has 2 rings (SSSR count). The molecule has 0 saturated carbocycles. The third-order valence-corrected chi connectivity index (χ3v) is 2.86. The summed E-state index contributed by atoms with van der Waals surface area (Å²) in [7, 11) is 0. The monoisotopic (exact) mass is 315 g/mol. The van der Waals surface area contributed by atoms with Gasteiger partial charge in [-0.05, 0) is 30.7 Å². The predicted octanol–water partition coefficient (Wildman–Crippen LogP) is 3.57. The van der Waals surface area contributed by atoms with Gasteiger partial charge in [-0.25, -0.2) is 9.59 Å². The van der Waals surface area contributed by atoms with Crippen molar-refractivity contribution in [3.63, 3.8) is 0 Å². The molecule has 0 fully saturated rings. The average Bonchev–Trinajstić information content (AvgIpc) is 2.54. The molecule has 0 atom stereocenters. The van der Waals surface area contributed by atoms with Gasteiger partial charge in [-0.3, -0.25) is 5.32 Å². The Kier molecular flexibility index (Phi) is 5.57. The number of hydrogen-bond acceptors (Lipinski definition) is 5. The summed E-state index contributed by atoms with van der Waals surface area (Å²) >= 11 is 0. The van der Waals surface area contributed by atoms with Gasteiger partial charge in [-0.1, -0.05) is 25.1 Å². The van der Waals surface area contributed by atoms with Crippen LogP contribution in [-0.4, -0.2) is 23.8 Å². The summed E-state index contributed by atoms with van der Waals surface area (Å²) in [6.45, 7) is 2.19. The third-order valence-electron chi connectivity index (χ3n) is 2.86. The molecule has 0 saturated heterocycles. The Labute approximate surface area is 133 Å². The van der Waals surface area contributed by atoms with Crippen LogP contribution in [0.15, 0.2) is 48.5 Å². The highest BCUT2D eigenvalue weighted by Crippen LogP contribution is 2.24. The number of amides is 1. The number of carbonyl (C=O) groups is 2. The van der Waals surface area contributed by atoms with Gasteiger partial charge in [-0.2, -0.15) is 0 Å². The smallest absolute Gasteiger partial charge is 0.411 e. The maximum atomic E-state index is 12.0. The van der Waals surface area contributed by atoms with Crippen LogP contribution in [0.1, 0.15) is 23.7 Å². The zero-order chi connectivity index (χ0) is 16.7. The van der Waals surface area contributed by atoms with Crippen molar-refractivity contribution in [3.05, 3.63) is 54.1 Å². The van der Waals surface area contributed by atoms with E-state index in [0.717, 1.165) is 0 Å². The Balaban J connectivity index is 2.04. The van der Waals surface area contributed by atoms with Crippen molar-refractivity contribution in [2.45, 2.75) is 13.3 Å². The van der Waals surface area contributed by atoms with Crippen LogP contribution in [0.25, 0.3) is 0 Å². The number of anilines is 1. The first-order chi connectivity index (χ1) is 11.1. The highest BCUT2D eigenvalue weighted by molar-refractivity contribution is 5.95. The topological polar surface area (TPSA) is 84.9 Å². The number of ether oxygens (including phenoxy) is 2. The summed E-state index contributed by atoms with van der Waals surface area (Å²) < 4.78 is 10.0. The van der Waals surface area contributed by atoms with E-state index < -0.39 is 12.1 Å². The molecule has 23 heavy (non-hydrogen) atoms. The van der Waals surface area contributed by atoms with Crippen molar-refractivity contribution in [2.24, 2.45) is 0 Å². The van der Waals surface area contributed by atoms with E-state index in [2.05, 4.69) is 5.32 Å². The third kappa shape index (κ3) is 4.74. The fourth-order valence-corrected chi connectivity index (χ4v) is 1.78. The van der Waals surface area contributed by atoms with Crippen molar-refractivity contribution in [2.75, 3.05) is 11.9 Å². The highest BCUT2D eigenvalue weighted by atomic mass is 16.5. The number of carbonyl (C=O) groups excluding carboxylic acids is 2. The quantitative estimate of drug-likeness (QED) is 0.651. The van der Waals surface area contributed by atoms with E-state index in [0.29, 0.717) is 24.5 Å². The number of benzene rings is 2. The first-order valence-electron chi connectivity index (χ1n) is 7.14. The highest BCUT2D eigenvalue weighted by Gasteiger charge is 2.15. The largest absolute Gasteiger partial charge is 0.507 e. The van der Waals surface area contributed by atoms with Crippen molar-refractivity contribution in [3.8, 4) is 11.5 Å². The Bertz CT molecular complexity index is 685. The minimum absolute atomic E-state index is 0.00123. The van der Waals surface area contributed by atoms with Gasteiger partial charge in [0, 0.05) is 11.8 Å². The molecular formula is C17H17NO5. The van der Waals surface area contributed by atoms with Gasteiger partial charge < -0.3 is 14.6 Å². The number of phenols is 1. The van der Waals surface area contributed by atoms with Crippen molar-refractivity contribution >= 4 is 17.7 Å². The molecule has 0 radical (unpaired) electrons. The van der Waals surface area contributed by atoms with Gasteiger partial charge in [0.2, 0.25) is 0 Å². The number of hydrogen-bond donors (Lipinski definition) is 2. The average molecular weight is 315 g/mol. The second kappa shape index (κ2) is 7.84. The van der Waals surface area contributed by atoms with Crippen LogP contribution in [0.4, 0.5) is 10.5 Å². The number of nitrogens with one attached hydrogen (secondary N) is 1. The van der Waals surface area contributed by atoms with Gasteiger partial charge in [0.15, 0.2) is 0 Å². The number of aromatic hydroxyl groups is 1. The van der Waals surface area contributed by atoms with Gasteiger partial charge >= 0.3 is 12.1 Å². The fourth-order valence-electron chi connectivity index (χ4n) is 1.78. The minimum Gasteiger partial charge on any atom is -0.507 e. The summed E-state index contributed by atoms with van der Waals surface area (Å²) in [5, 5.41) is 12.4. The molecule has 120 valence electrons. The second-order valence-electron chi connectivity index (χ2n) is 4.70. The van der Waals surface area contributed by atoms with E-state index in [1.807, 2.05) is 6.92 Å². The second-order valence-corrected chi connectivity index (χ2v) is 4.70. The van der Waals surface area contributed by atoms with E-state index in [4.69, 9.17) is 9.47 Å². The van der Waals surface area contributed by atoms with Crippen molar-refractivity contribution in [1.82, 2.24) is 0 Å². The molecule has 0 aliphatic carbocycles.